The molecule has 4 rings (SSSR count). The Bertz CT molecular complexity index is 1420. The van der Waals surface area contributed by atoms with Crippen molar-refractivity contribution in [3.05, 3.63) is 84.2 Å². The van der Waals surface area contributed by atoms with Crippen LogP contribution >= 0.6 is 0 Å². The molecule has 0 radical (unpaired) electrons. The number of carbonyl (C=O) groups is 2. The zero-order chi connectivity index (χ0) is 28.2. The summed E-state index contributed by atoms with van der Waals surface area (Å²) < 4.78 is 33.9. The summed E-state index contributed by atoms with van der Waals surface area (Å²) in [6.45, 7) is 3.64. The standard InChI is InChI=1S/C28H32N4O6S/c1-19-16-32(20(2)18-33)28(35)24-15-22(30-27(34)21-11-13-29-14-12-21)9-10-25(24)38-26(19)17-31(3)39(36,37)23-7-5-4-6-8-23/h4-15,19-20,26,33H,16-18H2,1-3H3,(H,30,34)/t19-,20+,26-/m1/s1. The van der Waals surface area contributed by atoms with Crippen molar-refractivity contribution in [1.29, 1.82) is 0 Å². The number of nitrogens with zero attached hydrogens (tertiary/aromatic N) is 3. The lowest BCUT2D eigenvalue weighted by molar-refractivity contribution is 0.0387. The van der Waals surface area contributed by atoms with Crippen LogP contribution in [0.15, 0.2) is 78.0 Å². The summed E-state index contributed by atoms with van der Waals surface area (Å²) in [6.07, 6.45) is 2.42. The monoisotopic (exact) mass is 552 g/mol. The minimum atomic E-state index is -3.77. The second-order valence-corrected chi connectivity index (χ2v) is 11.7. The van der Waals surface area contributed by atoms with Gasteiger partial charge in [0.1, 0.15) is 11.9 Å². The number of rotatable bonds is 8. The number of carbonyl (C=O) groups excluding carboxylic acids is 2. The van der Waals surface area contributed by atoms with Gasteiger partial charge >= 0.3 is 0 Å². The molecule has 2 N–H and O–H groups in total. The topological polar surface area (TPSA) is 129 Å². The molecule has 0 unspecified atom stereocenters. The highest BCUT2D eigenvalue weighted by Crippen LogP contribution is 2.31. The van der Waals surface area contributed by atoms with Crippen molar-refractivity contribution in [1.82, 2.24) is 14.2 Å². The van der Waals surface area contributed by atoms with Crippen LogP contribution < -0.4 is 10.1 Å². The van der Waals surface area contributed by atoms with Crippen LogP contribution in [0, 0.1) is 5.92 Å². The van der Waals surface area contributed by atoms with Gasteiger partial charge in [-0.25, -0.2) is 8.42 Å². The minimum Gasteiger partial charge on any atom is -0.488 e. The van der Waals surface area contributed by atoms with Crippen LogP contribution in [0.5, 0.6) is 5.75 Å². The molecule has 39 heavy (non-hydrogen) atoms. The van der Waals surface area contributed by atoms with E-state index >= 15 is 0 Å². The fourth-order valence-electron chi connectivity index (χ4n) is 4.35. The van der Waals surface area contributed by atoms with E-state index in [2.05, 4.69) is 10.3 Å². The molecule has 1 aliphatic heterocycles. The molecular weight excluding hydrogens is 520 g/mol. The van der Waals surface area contributed by atoms with Crippen LogP contribution in [0.2, 0.25) is 0 Å². The maximum atomic E-state index is 13.6. The third-order valence-corrected chi connectivity index (χ3v) is 8.59. The number of nitrogens with one attached hydrogen (secondary N) is 1. The van der Waals surface area contributed by atoms with Gasteiger partial charge in [0.05, 0.1) is 29.7 Å². The number of benzene rings is 2. The number of fused-ring (bicyclic) bond motifs is 1. The summed E-state index contributed by atoms with van der Waals surface area (Å²) in [5.41, 5.74) is 0.998. The van der Waals surface area contributed by atoms with E-state index in [9.17, 15) is 23.1 Å². The predicted molar refractivity (Wildman–Crippen MR) is 146 cm³/mol. The van der Waals surface area contributed by atoms with E-state index in [1.54, 1.807) is 54.3 Å². The molecule has 2 heterocycles. The first-order chi connectivity index (χ1) is 18.6. The first kappa shape index (κ1) is 28.2. The Balaban J connectivity index is 1.65. The summed E-state index contributed by atoms with van der Waals surface area (Å²) in [5.74, 6) is -0.729. The first-order valence-electron chi connectivity index (χ1n) is 12.6. The van der Waals surface area contributed by atoms with Crippen molar-refractivity contribution in [2.75, 3.05) is 32.1 Å². The van der Waals surface area contributed by atoms with Gasteiger partial charge in [-0.2, -0.15) is 4.31 Å². The zero-order valence-corrected chi connectivity index (χ0v) is 22.8. The molecule has 1 aliphatic rings. The van der Waals surface area contributed by atoms with E-state index in [1.165, 1.54) is 41.9 Å². The minimum absolute atomic E-state index is 0.0356. The van der Waals surface area contributed by atoms with Crippen molar-refractivity contribution in [3.8, 4) is 5.75 Å². The normalized spacial score (nSPS) is 18.5. The first-order valence-corrected chi connectivity index (χ1v) is 14.0. The van der Waals surface area contributed by atoms with Crippen molar-refractivity contribution in [3.63, 3.8) is 0 Å². The molecule has 2 amide bonds. The summed E-state index contributed by atoms with van der Waals surface area (Å²) in [5, 5.41) is 12.7. The highest BCUT2D eigenvalue weighted by atomic mass is 32.2. The van der Waals surface area contributed by atoms with Gasteiger partial charge in [0.25, 0.3) is 11.8 Å². The fraction of sp³-hybridized carbons (Fsp3) is 0.321. The quantitative estimate of drug-likeness (QED) is 0.440. The molecule has 2 aromatic carbocycles. The average Bonchev–Trinajstić information content (AvgIpc) is 2.95. The lowest BCUT2D eigenvalue weighted by atomic mass is 9.99. The number of sulfonamides is 1. The molecule has 10 nitrogen and oxygen atoms in total. The van der Waals surface area contributed by atoms with Gasteiger partial charge in [-0.3, -0.25) is 14.6 Å². The van der Waals surface area contributed by atoms with Crippen LogP contribution in [0.4, 0.5) is 5.69 Å². The Morgan fingerprint density at radius 2 is 1.87 bits per heavy atom. The maximum absolute atomic E-state index is 13.6. The number of ether oxygens (including phenoxy) is 1. The number of aliphatic hydroxyl groups excluding tert-OH is 1. The molecule has 0 aliphatic carbocycles. The average molecular weight is 553 g/mol. The second kappa shape index (κ2) is 11.9. The Labute approximate surface area is 228 Å². The molecule has 0 fully saturated rings. The van der Waals surface area contributed by atoms with Gasteiger partial charge in [0.2, 0.25) is 10.0 Å². The van der Waals surface area contributed by atoms with Crippen LogP contribution in [0.25, 0.3) is 0 Å². The smallest absolute Gasteiger partial charge is 0.258 e. The second-order valence-electron chi connectivity index (χ2n) is 9.62. The van der Waals surface area contributed by atoms with Crippen LogP contribution in [0.1, 0.15) is 34.6 Å². The lowest BCUT2D eigenvalue weighted by Gasteiger charge is -2.38. The van der Waals surface area contributed by atoms with Gasteiger partial charge in [-0.05, 0) is 49.4 Å². The number of likely N-dealkylation sites (N-methyl/N-ethyl adjacent to an activating group) is 1. The highest BCUT2D eigenvalue weighted by Gasteiger charge is 2.35. The third kappa shape index (κ3) is 6.27. The summed E-state index contributed by atoms with van der Waals surface area (Å²) in [6, 6.07) is 15.6. The fourth-order valence-corrected chi connectivity index (χ4v) is 5.55. The van der Waals surface area contributed by atoms with Crippen molar-refractivity contribution in [2.45, 2.75) is 30.9 Å². The zero-order valence-electron chi connectivity index (χ0n) is 22.0. The Morgan fingerprint density at radius 1 is 1.18 bits per heavy atom. The largest absolute Gasteiger partial charge is 0.488 e. The van der Waals surface area contributed by atoms with Gasteiger partial charge < -0.3 is 20.1 Å². The van der Waals surface area contributed by atoms with E-state index in [1.807, 2.05) is 6.92 Å². The van der Waals surface area contributed by atoms with Crippen molar-refractivity contribution in [2.24, 2.45) is 5.92 Å². The van der Waals surface area contributed by atoms with Gasteiger partial charge in [0.15, 0.2) is 0 Å². The maximum Gasteiger partial charge on any atom is 0.258 e. The molecule has 3 aromatic rings. The van der Waals surface area contributed by atoms with Crippen LogP contribution in [-0.4, -0.2) is 78.4 Å². The van der Waals surface area contributed by atoms with E-state index < -0.39 is 22.2 Å². The van der Waals surface area contributed by atoms with Crippen molar-refractivity contribution < 1.29 is 27.9 Å². The number of anilines is 1. The number of hydrogen-bond acceptors (Lipinski definition) is 7. The van der Waals surface area contributed by atoms with E-state index in [0.29, 0.717) is 11.3 Å². The molecule has 0 bridgehead atoms. The van der Waals surface area contributed by atoms with Crippen LogP contribution in [0.3, 0.4) is 0 Å². The predicted octanol–water partition coefficient (Wildman–Crippen LogP) is 2.87. The number of pyridine rings is 1. The summed E-state index contributed by atoms with van der Waals surface area (Å²) in [4.78, 5) is 31.9. The number of amides is 2. The molecule has 3 atom stereocenters. The molecule has 0 saturated carbocycles. The number of aliphatic hydroxyl groups is 1. The van der Waals surface area contributed by atoms with Gasteiger partial charge in [0, 0.05) is 43.2 Å². The van der Waals surface area contributed by atoms with Crippen molar-refractivity contribution >= 4 is 27.5 Å². The van der Waals surface area contributed by atoms with E-state index in [-0.39, 0.29) is 53.6 Å². The number of hydrogen-bond donors (Lipinski definition) is 2. The Morgan fingerprint density at radius 3 is 2.54 bits per heavy atom. The molecule has 1 aromatic heterocycles. The molecule has 0 spiro atoms. The molecule has 11 heteroatoms. The summed E-state index contributed by atoms with van der Waals surface area (Å²) in [7, 11) is -2.28. The molecule has 206 valence electrons. The Kier molecular flexibility index (Phi) is 8.63. The Hall–Kier alpha value is -3.80. The number of aromatic nitrogens is 1. The molecular formula is C28H32N4O6S. The highest BCUT2D eigenvalue weighted by molar-refractivity contribution is 7.89. The third-order valence-electron chi connectivity index (χ3n) is 6.75. The summed E-state index contributed by atoms with van der Waals surface area (Å²) >= 11 is 0. The van der Waals surface area contributed by atoms with E-state index in [0.717, 1.165) is 0 Å². The SMILES string of the molecule is C[C@@H]1CN([C@@H](C)CO)C(=O)c2cc(NC(=O)c3ccncc3)ccc2O[C@@H]1CN(C)S(=O)(=O)c1ccccc1. The van der Waals surface area contributed by atoms with E-state index in [4.69, 9.17) is 4.74 Å². The van der Waals surface area contributed by atoms with Crippen LogP contribution in [-0.2, 0) is 10.0 Å². The van der Waals surface area contributed by atoms with Gasteiger partial charge in [-0.15, -0.1) is 0 Å². The molecule has 0 saturated heterocycles. The van der Waals surface area contributed by atoms with Gasteiger partial charge in [-0.1, -0.05) is 25.1 Å². The lowest BCUT2D eigenvalue weighted by Crippen LogP contribution is -2.50.